The highest BCUT2D eigenvalue weighted by Gasteiger charge is 2.48. The van der Waals surface area contributed by atoms with Crippen LogP contribution in [0.2, 0.25) is 0 Å². The quantitative estimate of drug-likeness (QED) is 0.867. The molecule has 0 radical (unpaired) electrons. The third kappa shape index (κ3) is 2.76. The molecule has 2 unspecified atom stereocenters. The van der Waals surface area contributed by atoms with Crippen molar-refractivity contribution in [3.05, 3.63) is 24.3 Å². The van der Waals surface area contributed by atoms with Crippen molar-refractivity contribution < 1.29 is 14.2 Å². The number of para-hydroxylation sites is 2. The molecule has 0 spiro atoms. The fourth-order valence-corrected chi connectivity index (χ4v) is 3.04. The average molecular weight is 277 g/mol. The van der Waals surface area contributed by atoms with Gasteiger partial charge in [0, 0.05) is 18.6 Å². The van der Waals surface area contributed by atoms with Crippen LogP contribution in [0.4, 0.5) is 0 Å². The molecular weight excluding hydrogens is 254 g/mol. The van der Waals surface area contributed by atoms with Gasteiger partial charge in [0.1, 0.15) is 0 Å². The van der Waals surface area contributed by atoms with E-state index in [4.69, 9.17) is 19.9 Å². The second-order valence-electron chi connectivity index (χ2n) is 5.86. The van der Waals surface area contributed by atoms with Crippen LogP contribution < -0.4 is 15.2 Å². The van der Waals surface area contributed by atoms with Gasteiger partial charge in [0.15, 0.2) is 11.5 Å². The molecule has 0 amide bonds. The van der Waals surface area contributed by atoms with Crippen molar-refractivity contribution in [1.29, 1.82) is 0 Å². The number of methoxy groups -OCH3 is 1. The minimum Gasteiger partial charge on any atom is -0.493 e. The Hall–Kier alpha value is -1.26. The van der Waals surface area contributed by atoms with Crippen LogP contribution in [0.5, 0.6) is 11.5 Å². The van der Waals surface area contributed by atoms with Crippen LogP contribution in [0, 0.1) is 5.92 Å². The van der Waals surface area contributed by atoms with Crippen molar-refractivity contribution in [3.8, 4) is 11.5 Å². The Morgan fingerprint density at radius 3 is 2.75 bits per heavy atom. The molecule has 0 bridgehead atoms. The minimum atomic E-state index is -0.219. The van der Waals surface area contributed by atoms with Crippen molar-refractivity contribution in [2.45, 2.75) is 37.3 Å². The molecule has 1 aromatic carbocycles. The monoisotopic (exact) mass is 277 g/mol. The number of benzene rings is 1. The SMILES string of the molecule is COc1ccccc1OCCC1(N)CCOC1C1CC1. The lowest BCUT2D eigenvalue weighted by atomic mass is 9.86. The molecule has 3 rings (SSSR count). The Bertz CT molecular complexity index is 461. The van der Waals surface area contributed by atoms with Gasteiger partial charge < -0.3 is 19.9 Å². The number of rotatable bonds is 6. The maximum absolute atomic E-state index is 6.54. The van der Waals surface area contributed by atoms with Gasteiger partial charge in [0.05, 0.1) is 19.8 Å². The summed E-state index contributed by atoms with van der Waals surface area (Å²) in [7, 11) is 1.65. The maximum Gasteiger partial charge on any atom is 0.161 e. The van der Waals surface area contributed by atoms with Gasteiger partial charge in [-0.1, -0.05) is 12.1 Å². The summed E-state index contributed by atoms with van der Waals surface area (Å²) in [5.74, 6) is 2.22. The normalized spacial score (nSPS) is 29.4. The fourth-order valence-electron chi connectivity index (χ4n) is 3.04. The molecule has 4 heteroatoms. The van der Waals surface area contributed by atoms with E-state index in [9.17, 15) is 0 Å². The van der Waals surface area contributed by atoms with E-state index >= 15 is 0 Å². The fraction of sp³-hybridized carbons (Fsp3) is 0.625. The van der Waals surface area contributed by atoms with Gasteiger partial charge in [0.25, 0.3) is 0 Å². The molecule has 1 saturated carbocycles. The number of hydrogen-bond acceptors (Lipinski definition) is 4. The van der Waals surface area contributed by atoms with Crippen LogP contribution in [-0.2, 0) is 4.74 Å². The largest absolute Gasteiger partial charge is 0.493 e. The zero-order chi connectivity index (χ0) is 14.0. The molecule has 110 valence electrons. The molecule has 1 aromatic rings. The summed E-state index contributed by atoms with van der Waals surface area (Å²) in [6, 6.07) is 7.70. The zero-order valence-electron chi connectivity index (χ0n) is 12.0. The van der Waals surface area contributed by atoms with Crippen LogP contribution >= 0.6 is 0 Å². The van der Waals surface area contributed by atoms with Crippen molar-refractivity contribution in [2.24, 2.45) is 11.7 Å². The lowest BCUT2D eigenvalue weighted by molar-refractivity contribution is 0.0556. The van der Waals surface area contributed by atoms with E-state index in [-0.39, 0.29) is 11.6 Å². The summed E-state index contributed by atoms with van der Waals surface area (Å²) >= 11 is 0. The van der Waals surface area contributed by atoms with Crippen molar-refractivity contribution >= 4 is 0 Å². The Kier molecular flexibility index (Phi) is 3.85. The Morgan fingerprint density at radius 1 is 1.30 bits per heavy atom. The summed E-state index contributed by atoms with van der Waals surface area (Å²) in [6.45, 7) is 1.38. The van der Waals surface area contributed by atoms with E-state index in [0.29, 0.717) is 12.5 Å². The highest BCUT2D eigenvalue weighted by Crippen LogP contribution is 2.43. The molecule has 2 N–H and O–H groups in total. The highest BCUT2D eigenvalue weighted by atomic mass is 16.5. The molecule has 0 aromatic heterocycles. The second kappa shape index (κ2) is 5.62. The standard InChI is InChI=1S/C16H23NO3/c1-18-13-4-2-3-5-14(13)19-10-8-16(17)9-11-20-15(16)12-6-7-12/h2-5,12,15H,6-11,17H2,1H3. The summed E-state index contributed by atoms with van der Waals surface area (Å²) in [6.07, 6.45) is 4.51. The summed E-state index contributed by atoms with van der Waals surface area (Å²) in [5.41, 5.74) is 6.32. The van der Waals surface area contributed by atoms with Crippen LogP contribution in [0.1, 0.15) is 25.7 Å². The first-order chi connectivity index (χ1) is 9.73. The lowest BCUT2D eigenvalue weighted by Crippen LogP contribution is -2.49. The van der Waals surface area contributed by atoms with Gasteiger partial charge in [-0.15, -0.1) is 0 Å². The number of ether oxygens (including phenoxy) is 3. The number of hydrogen-bond donors (Lipinski definition) is 1. The summed E-state index contributed by atoms with van der Waals surface area (Å²) < 4.78 is 17.0. The van der Waals surface area contributed by atoms with Gasteiger partial charge in [-0.05, 0) is 37.3 Å². The third-order valence-corrected chi connectivity index (χ3v) is 4.38. The van der Waals surface area contributed by atoms with Crippen LogP contribution in [0.3, 0.4) is 0 Å². The van der Waals surface area contributed by atoms with Gasteiger partial charge >= 0.3 is 0 Å². The first-order valence-electron chi connectivity index (χ1n) is 7.39. The average Bonchev–Trinajstić information content (AvgIpc) is 3.23. The summed E-state index contributed by atoms with van der Waals surface area (Å²) in [5, 5.41) is 0. The zero-order valence-corrected chi connectivity index (χ0v) is 12.0. The Labute approximate surface area is 120 Å². The van der Waals surface area contributed by atoms with E-state index in [1.807, 2.05) is 24.3 Å². The molecular formula is C16H23NO3. The van der Waals surface area contributed by atoms with E-state index in [1.54, 1.807) is 7.11 Å². The van der Waals surface area contributed by atoms with E-state index < -0.39 is 0 Å². The van der Waals surface area contributed by atoms with Gasteiger partial charge in [-0.2, -0.15) is 0 Å². The van der Waals surface area contributed by atoms with E-state index in [0.717, 1.165) is 30.9 Å². The molecule has 1 aliphatic carbocycles. The first kappa shape index (κ1) is 13.7. The Balaban J connectivity index is 1.56. The smallest absolute Gasteiger partial charge is 0.161 e. The Morgan fingerprint density at radius 2 is 2.05 bits per heavy atom. The lowest BCUT2D eigenvalue weighted by Gasteiger charge is -2.30. The second-order valence-corrected chi connectivity index (χ2v) is 5.86. The maximum atomic E-state index is 6.54. The third-order valence-electron chi connectivity index (χ3n) is 4.38. The van der Waals surface area contributed by atoms with Crippen molar-refractivity contribution in [2.75, 3.05) is 20.3 Å². The topological polar surface area (TPSA) is 53.7 Å². The van der Waals surface area contributed by atoms with E-state index in [2.05, 4.69) is 0 Å². The molecule has 2 aliphatic rings. The summed E-state index contributed by atoms with van der Waals surface area (Å²) in [4.78, 5) is 0. The van der Waals surface area contributed by atoms with E-state index in [1.165, 1.54) is 12.8 Å². The molecule has 1 aliphatic heterocycles. The molecule has 2 fully saturated rings. The molecule has 1 heterocycles. The molecule has 4 nitrogen and oxygen atoms in total. The van der Waals surface area contributed by atoms with Crippen LogP contribution in [0.25, 0.3) is 0 Å². The van der Waals surface area contributed by atoms with Crippen LogP contribution in [0.15, 0.2) is 24.3 Å². The van der Waals surface area contributed by atoms with Crippen molar-refractivity contribution in [1.82, 2.24) is 0 Å². The molecule has 1 saturated heterocycles. The molecule has 2 atom stereocenters. The predicted molar refractivity (Wildman–Crippen MR) is 77.1 cm³/mol. The van der Waals surface area contributed by atoms with Gasteiger partial charge in [-0.3, -0.25) is 0 Å². The number of nitrogens with two attached hydrogens (primary N) is 1. The molecule has 20 heavy (non-hydrogen) atoms. The van der Waals surface area contributed by atoms with Crippen molar-refractivity contribution in [3.63, 3.8) is 0 Å². The van der Waals surface area contributed by atoms with Gasteiger partial charge in [-0.25, -0.2) is 0 Å². The first-order valence-corrected chi connectivity index (χ1v) is 7.39. The van der Waals surface area contributed by atoms with Gasteiger partial charge in [0.2, 0.25) is 0 Å². The van der Waals surface area contributed by atoms with Crippen LogP contribution in [-0.4, -0.2) is 32.0 Å². The highest BCUT2D eigenvalue weighted by molar-refractivity contribution is 5.39. The minimum absolute atomic E-state index is 0.219. The predicted octanol–water partition coefficient (Wildman–Crippen LogP) is 2.36.